The zero-order valence-corrected chi connectivity index (χ0v) is 19.4. The molecule has 1 fully saturated rings. The SMILES string of the molecule is CNSc1cccc(-c2cnn3cc(-c4ccc(N5C(C)CNCC5C)cc4)cnc23)c1. The molecule has 2 atom stereocenters. The Bertz CT molecular complexity index is 1210. The van der Waals surface area contributed by atoms with Gasteiger partial charge in [0.2, 0.25) is 0 Å². The molecule has 0 aliphatic carbocycles. The predicted molar refractivity (Wildman–Crippen MR) is 133 cm³/mol. The maximum Gasteiger partial charge on any atom is 0.162 e. The molecule has 32 heavy (non-hydrogen) atoms. The molecule has 1 aliphatic heterocycles. The van der Waals surface area contributed by atoms with Crippen LogP contribution >= 0.6 is 11.9 Å². The van der Waals surface area contributed by atoms with E-state index in [2.05, 4.69) is 88.6 Å². The first-order valence-corrected chi connectivity index (χ1v) is 11.8. The van der Waals surface area contributed by atoms with Gasteiger partial charge in [-0.05, 0) is 68.2 Å². The van der Waals surface area contributed by atoms with E-state index in [1.807, 2.05) is 24.0 Å². The number of rotatable bonds is 5. The molecule has 0 saturated carbocycles. The molecule has 6 nitrogen and oxygen atoms in total. The number of hydrogen-bond donors (Lipinski definition) is 2. The van der Waals surface area contributed by atoms with Crippen LogP contribution < -0.4 is 14.9 Å². The van der Waals surface area contributed by atoms with Crippen molar-refractivity contribution in [2.45, 2.75) is 30.8 Å². The van der Waals surface area contributed by atoms with Crippen LogP contribution in [-0.4, -0.2) is 46.8 Å². The maximum absolute atomic E-state index is 4.77. The van der Waals surface area contributed by atoms with Crippen LogP contribution in [0, 0.1) is 0 Å². The predicted octanol–water partition coefficient (Wildman–Crippen LogP) is 4.48. The number of piperazine rings is 1. The van der Waals surface area contributed by atoms with Crippen LogP contribution in [0.4, 0.5) is 5.69 Å². The Kier molecular flexibility index (Phi) is 5.87. The average Bonchev–Trinajstić information content (AvgIpc) is 3.23. The second-order valence-electron chi connectivity index (χ2n) is 8.31. The Labute approximate surface area is 193 Å². The van der Waals surface area contributed by atoms with Gasteiger partial charge >= 0.3 is 0 Å². The van der Waals surface area contributed by atoms with Gasteiger partial charge in [-0.1, -0.05) is 24.3 Å². The fourth-order valence-electron chi connectivity index (χ4n) is 4.54. The lowest BCUT2D eigenvalue weighted by molar-refractivity contribution is 0.432. The van der Waals surface area contributed by atoms with E-state index in [1.165, 1.54) is 5.69 Å². The molecule has 4 aromatic rings. The molecule has 1 saturated heterocycles. The van der Waals surface area contributed by atoms with Gasteiger partial charge in [0.05, 0.1) is 6.20 Å². The van der Waals surface area contributed by atoms with Crippen LogP contribution in [0.25, 0.3) is 27.9 Å². The van der Waals surface area contributed by atoms with Crippen LogP contribution in [0.2, 0.25) is 0 Å². The van der Waals surface area contributed by atoms with Gasteiger partial charge < -0.3 is 10.2 Å². The summed E-state index contributed by atoms with van der Waals surface area (Å²) in [6.45, 7) is 6.59. The van der Waals surface area contributed by atoms with Crippen molar-refractivity contribution in [1.29, 1.82) is 0 Å². The minimum Gasteiger partial charge on any atom is -0.364 e. The number of nitrogens with zero attached hydrogens (tertiary/aromatic N) is 4. The smallest absolute Gasteiger partial charge is 0.162 e. The summed E-state index contributed by atoms with van der Waals surface area (Å²) < 4.78 is 4.99. The molecular formula is C25H28N6S. The van der Waals surface area contributed by atoms with Crippen molar-refractivity contribution in [1.82, 2.24) is 24.6 Å². The van der Waals surface area contributed by atoms with E-state index >= 15 is 0 Å². The number of benzene rings is 2. The number of aromatic nitrogens is 3. The fourth-order valence-corrected chi connectivity index (χ4v) is 5.11. The number of hydrogen-bond acceptors (Lipinski definition) is 6. The molecule has 0 bridgehead atoms. The van der Waals surface area contributed by atoms with Crippen molar-refractivity contribution in [3.05, 3.63) is 67.1 Å². The molecule has 164 valence electrons. The van der Waals surface area contributed by atoms with Crippen LogP contribution in [0.3, 0.4) is 0 Å². The van der Waals surface area contributed by atoms with Gasteiger partial charge in [-0.2, -0.15) is 5.10 Å². The lowest BCUT2D eigenvalue weighted by Gasteiger charge is -2.41. The first kappa shape index (κ1) is 21.0. The van der Waals surface area contributed by atoms with Gasteiger partial charge in [-0.3, -0.25) is 4.72 Å². The molecule has 1 aliphatic rings. The highest BCUT2D eigenvalue weighted by atomic mass is 32.2. The number of anilines is 1. The lowest BCUT2D eigenvalue weighted by Crippen LogP contribution is -2.55. The molecule has 2 unspecified atom stereocenters. The Balaban J connectivity index is 1.43. The van der Waals surface area contributed by atoms with Crippen molar-refractivity contribution >= 4 is 23.3 Å². The molecular weight excluding hydrogens is 416 g/mol. The third-order valence-electron chi connectivity index (χ3n) is 6.05. The average molecular weight is 445 g/mol. The first-order chi connectivity index (χ1) is 15.6. The summed E-state index contributed by atoms with van der Waals surface area (Å²) in [4.78, 5) is 8.43. The van der Waals surface area contributed by atoms with Crippen LogP contribution in [0.5, 0.6) is 0 Å². The summed E-state index contributed by atoms with van der Waals surface area (Å²) in [6, 6.07) is 18.2. The quantitative estimate of drug-likeness (QED) is 0.443. The second kappa shape index (κ2) is 8.94. The number of fused-ring (bicyclic) bond motifs is 1. The minimum absolute atomic E-state index is 0.482. The van der Waals surface area contributed by atoms with Gasteiger partial charge in [-0.15, -0.1) is 0 Å². The second-order valence-corrected chi connectivity index (χ2v) is 9.40. The van der Waals surface area contributed by atoms with Crippen LogP contribution in [0.15, 0.2) is 72.0 Å². The third-order valence-corrected chi connectivity index (χ3v) is 6.74. The molecule has 5 rings (SSSR count). The Morgan fingerprint density at radius 2 is 1.75 bits per heavy atom. The van der Waals surface area contributed by atoms with Crippen molar-refractivity contribution < 1.29 is 0 Å². The monoisotopic (exact) mass is 444 g/mol. The van der Waals surface area contributed by atoms with E-state index in [1.54, 1.807) is 11.9 Å². The molecule has 0 spiro atoms. The van der Waals surface area contributed by atoms with Gasteiger partial charge in [0, 0.05) is 59.3 Å². The van der Waals surface area contributed by atoms with Crippen molar-refractivity contribution in [3.8, 4) is 22.3 Å². The minimum atomic E-state index is 0.482. The van der Waals surface area contributed by atoms with Gasteiger partial charge in [0.15, 0.2) is 5.65 Å². The molecule has 2 aromatic carbocycles. The number of nitrogens with one attached hydrogen (secondary N) is 2. The zero-order valence-electron chi connectivity index (χ0n) is 18.6. The molecule has 0 radical (unpaired) electrons. The third kappa shape index (κ3) is 3.99. The summed E-state index contributed by atoms with van der Waals surface area (Å²) in [5.41, 5.74) is 6.48. The summed E-state index contributed by atoms with van der Waals surface area (Å²) in [5.74, 6) is 0. The van der Waals surface area contributed by atoms with Gasteiger partial charge in [-0.25, -0.2) is 9.50 Å². The standard InChI is InChI=1S/C25H28N6S/c1-17-12-27-13-18(2)31(17)22-9-7-19(8-10-22)21-14-28-25-24(15-29-30(25)16-21)20-5-4-6-23(11-20)32-26-3/h4-11,14-18,26-27H,12-13H2,1-3H3. The molecule has 7 heteroatoms. The first-order valence-electron chi connectivity index (χ1n) is 11.0. The summed E-state index contributed by atoms with van der Waals surface area (Å²) in [7, 11) is 1.92. The summed E-state index contributed by atoms with van der Waals surface area (Å²) in [6.07, 6.45) is 5.90. The Morgan fingerprint density at radius 3 is 2.50 bits per heavy atom. The molecule has 2 aromatic heterocycles. The molecule has 2 N–H and O–H groups in total. The zero-order chi connectivity index (χ0) is 22.1. The summed E-state index contributed by atoms with van der Waals surface area (Å²) >= 11 is 1.60. The normalized spacial score (nSPS) is 18.9. The Morgan fingerprint density at radius 1 is 0.969 bits per heavy atom. The van der Waals surface area contributed by atoms with E-state index in [0.29, 0.717) is 12.1 Å². The highest BCUT2D eigenvalue weighted by Crippen LogP contribution is 2.29. The molecule has 3 heterocycles. The van der Waals surface area contributed by atoms with Crippen LogP contribution in [-0.2, 0) is 0 Å². The van der Waals surface area contributed by atoms with Gasteiger partial charge in [0.25, 0.3) is 0 Å². The van der Waals surface area contributed by atoms with Crippen LogP contribution in [0.1, 0.15) is 13.8 Å². The van der Waals surface area contributed by atoms with E-state index < -0.39 is 0 Å². The summed E-state index contributed by atoms with van der Waals surface area (Å²) in [5, 5.41) is 8.08. The van der Waals surface area contributed by atoms with Crippen molar-refractivity contribution in [2.24, 2.45) is 0 Å². The maximum atomic E-state index is 4.77. The topological polar surface area (TPSA) is 57.5 Å². The van der Waals surface area contributed by atoms with Crippen molar-refractivity contribution in [2.75, 3.05) is 25.0 Å². The van der Waals surface area contributed by atoms with E-state index in [4.69, 9.17) is 4.98 Å². The highest BCUT2D eigenvalue weighted by molar-refractivity contribution is 7.97. The largest absolute Gasteiger partial charge is 0.364 e. The fraction of sp³-hybridized carbons (Fsp3) is 0.280. The lowest BCUT2D eigenvalue weighted by atomic mass is 10.0. The van der Waals surface area contributed by atoms with E-state index in [0.717, 1.165) is 45.9 Å². The van der Waals surface area contributed by atoms with E-state index in [-0.39, 0.29) is 0 Å². The van der Waals surface area contributed by atoms with Gasteiger partial charge in [0.1, 0.15) is 0 Å². The highest BCUT2D eigenvalue weighted by Gasteiger charge is 2.24. The van der Waals surface area contributed by atoms with Crippen molar-refractivity contribution in [3.63, 3.8) is 0 Å². The Hall–Kier alpha value is -2.87. The van der Waals surface area contributed by atoms with E-state index in [9.17, 15) is 0 Å². The molecule has 0 amide bonds.